The van der Waals surface area contributed by atoms with E-state index in [9.17, 15) is 0 Å². The second-order valence-corrected chi connectivity index (χ2v) is 4.56. The van der Waals surface area contributed by atoms with E-state index in [-0.39, 0.29) is 0 Å². The Morgan fingerprint density at radius 2 is 1.85 bits per heavy atom. The molecule has 0 spiro atoms. The average molecular weight is 267 g/mol. The van der Waals surface area contributed by atoms with Crippen molar-refractivity contribution in [3.8, 4) is 0 Å². The number of rotatable bonds is 6. The van der Waals surface area contributed by atoms with Crippen LogP contribution < -0.4 is 5.32 Å². The van der Waals surface area contributed by atoms with Gasteiger partial charge in [0.25, 0.3) is 0 Å². The normalized spacial score (nSPS) is 10.6. The number of benzene rings is 1. The van der Waals surface area contributed by atoms with Gasteiger partial charge in [-0.15, -0.1) is 0 Å². The van der Waals surface area contributed by atoms with E-state index < -0.39 is 0 Å². The van der Waals surface area contributed by atoms with Crippen LogP contribution in [0.1, 0.15) is 6.42 Å². The summed E-state index contributed by atoms with van der Waals surface area (Å²) < 4.78 is 4.07. The molecule has 5 nitrogen and oxygen atoms in total. The van der Waals surface area contributed by atoms with Crippen LogP contribution in [-0.4, -0.2) is 19.3 Å². The molecule has 2 aromatic heterocycles. The lowest BCUT2D eigenvalue weighted by Gasteiger charge is -2.09. The van der Waals surface area contributed by atoms with Crippen molar-refractivity contribution >= 4 is 11.6 Å². The summed E-state index contributed by atoms with van der Waals surface area (Å²) in [4.78, 5) is 4.36. The number of hydrogen-bond donors (Lipinski definition) is 1. The van der Waals surface area contributed by atoms with Crippen LogP contribution in [0, 0.1) is 0 Å². The molecule has 1 N–H and O–H groups in total. The fraction of sp³-hybridized carbons (Fsp3) is 0.200. The van der Waals surface area contributed by atoms with E-state index in [0.29, 0.717) is 0 Å². The number of aromatic nitrogens is 4. The van der Waals surface area contributed by atoms with Gasteiger partial charge in [0.2, 0.25) is 5.95 Å². The lowest BCUT2D eigenvalue weighted by atomic mass is 10.3. The monoisotopic (exact) mass is 267 g/mol. The molecule has 0 saturated heterocycles. The maximum absolute atomic E-state index is 4.36. The third-order valence-electron chi connectivity index (χ3n) is 3.09. The quantitative estimate of drug-likeness (QED) is 0.747. The lowest BCUT2D eigenvalue weighted by molar-refractivity contribution is 0.529. The van der Waals surface area contributed by atoms with Crippen molar-refractivity contribution in [2.45, 2.75) is 19.5 Å². The Kier molecular flexibility index (Phi) is 3.78. The van der Waals surface area contributed by atoms with Gasteiger partial charge < -0.3 is 9.88 Å². The van der Waals surface area contributed by atoms with E-state index in [1.807, 2.05) is 59.7 Å². The van der Waals surface area contributed by atoms with Gasteiger partial charge in [-0.25, -0.2) is 4.98 Å². The van der Waals surface area contributed by atoms with Crippen LogP contribution in [0.3, 0.4) is 0 Å². The molecule has 1 aromatic carbocycles. The van der Waals surface area contributed by atoms with Crippen molar-refractivity contribution in [2.24, 2.45) is 0 Å². The Morgan fingerprint density at radius 3 is 2.65 bits per heavy atom. The Bertz CT molecular complexity index is 627. The first-order chi connectivity index (χ1) is 9.92. The van der Waals surface area contributed by atoms with Crippen molar-refractivity contribution in [2.75, 3.05) is 5.32 Å². The molecular formula is C15H17N5. The highest BCUT2D eigenvalue weighted by Gasteiger charge is 2.02. The van der Waals surface area contributed by atoms with E-state index in [0.717, 1.165) is 31.1 Å². The van der Waals surface area contributed by atoms with Crippen molar-refractivity contribution in [1.29, 1.82) is 0 Å². The van der Waals surface area contributed by atoms with E-state index in [2.05, 4.69) is 20.0 Å². The van der Waals surface area contributed by atoms with Crippen molar-refractivity contribution in [3.05, 3.63) is 61.2 Å². The first kappa shape index (κ1) is 12.5. The Morgan fingerprint density at radius 1 is 0.950 bits per heavy atom. The number of para-hydroxylation sites is 1. The predicted molar refractivity (Wildman–Crippen MR) is 78.8 cm³/mol. The number of anilines is 2. The molecule has 3 aromatic rings. The first-order valence-corrected chi connectivity index (χ1v) is 6.72. The molecule has 0 fully saturated rings. The molecule has 5 heteroatoms. The summed E-state index contributed by atoms with van der Waals surface area (Å²) in [7, 11) is 0. The van der Waals surface area contributed by atoms with Crippen LogP contribution >= 0.6 is 0 Å². The largest absolute Gasteiger partial charge is 0.326 e. The zero-order valence-corrected chi connectivity index (χ0v) is 11.2. The summed E-state index contributed by atoms with van der Waals surface area (Å²) in [5.41, 5.74) is 1.05. The molecule has 0 aliphatic rings. The van der Waals surface area contributed by atoms with Crippen molar-refractivity contribution in [3.63, 3.8) is 0 Å². The minimum absolute atomic E-state index is 0.872. The first-order valence-electron chi connectivity index (χ1n) is 6.72. The Hall–Kier alpha value is -2.56. The number of hydrogen-bond acceptors (Lipinski definition) is 3. The molecule has 0 unspecified atom stereocenters. The van der Waals surface area contributed by atoms with Crippen LogP contribution in [0.4, 0.5) is 11.6 Å². The maximum Gasteiger partial charge on any atom is 0.207 e. The Labute approximate surface area is 117 Å². The molecule has 0 amide bonds. The van der Waals surface area contributed by atoms with Crippen LogP contribution in [0.15, 0.2) is 61.2 Å². The number of nitrogens with zero attached hydrogens (tertiary/aromatic N) is 4. The smallest absolute Gasteiger partial charge is 0.207 e. The molecule has 20 heavy (non-hydrogen) atoms. The number of nitrogens with one attached hydrogen (secondary N) is 1. The highest BCUT2D eigenvalue weighted by molar-refractivity contribution is 5.52. The summed E-state index contributed by atoms with van der Waals surface area (Å²) in [6.45, 7) is 1.82. The van der Waals surface area contributed by atoms with Crippen LogP contribution in [-0.2, 0) is 13.1 Å². The van der Waals surface area contributed by atoms with E-state index in [4.69, 9.17) is 0 Å². The highest BCUT2D eigenvalue weighted by atomic mass is 15.3. The van der Waals surface area contributed by atoms with Gasteiger partial charge in [-0.05, 0) is 24.6 Å². The molecule has 0 saturated carbocycles. The molecule has 0 atom stereocenters. The maximum atomic E-state index is 4.36. The SMILES string of the molecule is c1ccc(Nc2nccn2CCCn2cccn2)cc1. The van der Waals surface area contributed by atoms with Gasteiger partial charge in [-0.3, -0.25) is 4.68 Å². The molecule has 0 bridgehead atoms. The number of imidazole rings is 1. The second kappa shape index (κ2) is 6.06. The van der Waals surface area contributed by atoms with Crippen LogP contribution in [0.25, 0.3) is 0 Å². The van der Waals surface area contributed by atoms with Gasteiger partial charge in [0, 0.05) is 43.6 Å². The van der Waals surface area contributed by atoms with Gasteiger partial charge in [0.15, 0.2) is 0 Å². The van der Waals surface area contributed by atoms with Crippen molar-refractivity contribution in [1.82, 2.24) is 19.3 Å². The van der Waals surface area contributed by atoms with Gasteiger partial charge >= 0.3 is 0 Å². The molecule has 2 heterocycles. The zero-order valence-electron chi connectivity index (χ0n) is 11.2. The average Bonchev–Trinajstić information content (AvgIpc) is 3.13. The second-order valence-electron chi connectivity index (χ2n) is 4.56. The highest BCUT2D eigenvalue weighted by Crippen LogP contribution is 2.14. The molecule has 0 radical (unpaired) electrons. The third kappa shape index (κ3) is 3.06. The van der Waals surface area contributed by atoms with Crippen LogP contribution in [0.2, 0.25) is 0 Å². The summed E-state index contributed by atoms with van der Waals surface area (Å²) in [6, 6.07) is 12.0. The summed E-state index contributed by atoms with van der Waals surface area (Å²) >= 11 is 0. The molecule has 0 aliphatic carbocycles. The molecular weight excluding hydrogens is 250 g/mol. The molecule has 0 aliphatic heterocycles. The fourth-order valence-electron chi connectivity index (χ4n) is 2.10. The fourth-order valence-corrected chi connectivity index (χ4v) is 2.10. The van der Waals surface area contributed by atoms with Gasteiger partial charge in [0.1, 0.15) is 0 Å². The zero-order chi connectivity index (χ0) is 13.6. The minimum Gasteiger partial charge on any atom is -0.326 e. The van der Waals surface area contributed by atoms with Gasteiger partial charge in [-0.2, -0.15) is 5.10 Å². The lowest BCUT2D eigenvalue weighted by Crippen LogP contribution is -2.06. The van der Waals surface area contributed by atoms with Crippen LogP contribution in [0.5, 0.6) is 0 Å². The standard InChI is InChI=1S/C15H17N5/c1-2-6-14(7-3-1)18-15-16-9-13-19(15)10-5-12-20-11-4-8-17-20/h1-4,6-9,11,13H,5,10,12H2,(H,16,18). The van der Waals surface area contributed by atoms with E-state index in [1.54, 1.807) is 6.20 Å². The molecule has 3 rings (SSSR count). The van der Waals surface area contributed by atoms with E-state index >= 15 is 0 Å². The topological polar surface area (TPSA) is 47.7 Å². The third-order valence-corrected chi connectivity index (χ3v) is 3.09. The summed E-state index contributed by atoms with van der Waals surface area (Å²) in [6.07, 6.45) is 8.62. The summed E-state index contributed by atoms with van der Waals surface area (Å²) in [5, 5.41) is 7.53. The van der Waals surface area contributed by atoms with Gasteiger partial charge in [0.05, 0.1) is 0 Å². The van der Waals surface area contributed by atoms with E-state index in [1.165, 1.54) is 0 Å². The van der Waals surface area contributed by atoms with Crippen molar-refractivity contribution < 1.29 is 0 Å². The molecule has 102 valence electrons. The number of aryl methyl sites for hydroxylation is 2. The Balaban J connectivity index is 1.59. The minimum atomic E-state index is 0.872. The summed E-state index contributed by atoms with van der Waals surface area (Å²) in [5.74, 6) is 0.872. The predicted octanol–water partition coefficient (Wildman–Crippen LogP) is 2.91. The van der Waals surface area contributed by atoms with Gasteiger partial charge in [-0.1, -0.05) is 18.2 Å².